The number of ether oxygens (including phenoxy) is 1. The maximum absolute atomic E-state index is 12.5. The van der Waals surface area contributed by atoms with E-state index in [2.05, 4.69) is 11.2 Å². The third-order valence-electron chi connectivity index (χ3n) is 5.07. The summed E-state index contributed by atoms with van der Waals surface area (Å²) in [5.74, 6) is 0.316. The van der Waals surface area contributed by atoms with Gasteiger partial charge in [-0.3, -0.25) is 14.4 Å². The Hall–Kier alpha value is -3.02. The Morgan fingerprint density at radius 1 is 1.23 bits per heavy atom. The van der Waals surface area contributed by atoms with E-state index in [0.29, 0.717) is 32.5 Å². The molecule has 0 saturated carbocycles. The largest absolute Gasteiger partial charge is 0.481 e. The van der Waals surface area contributed by atoms with Crippen LogP contribution in [-0.4, -0.2) is 76.6 Å². The predicted molar refractivity (Wildman–Crippen MR) is 113 cm³/mol. The Kier molecular flexibility index (Phi) is 8.08. The molecule has 2 heterocycles. The molecule has 170 valence electrons. The molecule has 9 heteroatoms. The van der Waals surface area contributed by atoms with E-state index >= 15 is 0 Å². The van der Waals surface area contributed by atoms with Crippen LogP contribution in [0.4, 0.5) is 4.79 Å². The first-order valence-corrected chi connectivity index (χ1v) is 10.4. The molecule has 2 rings (SSSR count). The number of piperidine rings is 1. The molecule has 0 unspecified atom stereocenters. The minimum atomic E-state index is -1.09. The molecule has 3 amide bonds. The van der Waals surface area contributed by atoms with Crippen molar-refractivity contribution in [2.45, 2.75) is 51.7 Å². The lowest BCUT2D eigenvalue weighted by atomic mass is 9.96. The highest BCUT2D eigenvalue weighted by molar-refractivity contribution is 5.89. The van der Waals surface area contributed by atoms with Gasteiger partial charge in [0.2, 0.25) is 11.8 Å². The number of rotatable bonds is 6. The molecule has 0 radical (unpaired) electrons. The van der Waals surface area contributed by atoms with Crippen molar-refractivity contribution in [1.82, 2.24) is 15.1 Å². The normalized spacial score (nSPS) is 20.5. The standard InChI is InChI=1S/C22H31N3O6/c1-5-17(11-19(27)28)23-20(29)16-7-6-10-24(14-16)18(26)9-8-15-12-25(13-15)21(30)31-22(2,3)4/h1,8-9,15-17H,6-7,10-14H2,2-4H3,(H,23,29)(H,27,28)/b9-8+/t16-,17-/m1/s1. The van der Waals surface area contributed by atoms with E-state index in [1.807, 2.05) is 20.8 Å². The lowest BCUT2D eigenvalue weighted by Crippen LogP contribution is -2.51. The van der Waals surface area contributed by atoms with Crippen LogP contribution in [0.1, 0.15) is 40.0 Å². The van der Waals surface area contributed by atoms with Crippen molar-refractivity contribution in [3.8, 4) is 12.3 Å². The van der Waals surface area contributed by atoms with Crippen LogP contribution < -0.4 is 5.32 Å². The Morgan fingerprint density at radius 3 is 2.48 bits per heavy atom. The average Bonchev–Trinajstić information content (AvgIpc) is 2.64. The first-order chi connectivity index (χ1) is 14.5. The molecule has 2 aliphatic heterocycles. The minimum absolute atomic E-state index is 0.0905. The van der Waals surface area contributed by atoms with E-state index in [0.717, 1.165) is 0 Å². The van der Waals surface area contributed by atoms with E-state index in [-0.39, 0.29) is 36.8 Å². The number of hydrogen-bond acceptors (Lipinski definition) is 5. The molecular weight excluding hydrogens is 402 g/mol. The number of carboxylic acids is 1. The van der Waals surface area contributed by atoms with E-state index in [4.69, 9.17) is 16.3 Å². The zero-order valence-electron chi connectivity index (χ0n) is 18.3. The summed E-state index contributed by atoms with van der Waals surface area (Å²) in [6.45, 7) is 7.24. The van der Waals surface area contributed by atoms with Gasteiger partial charge in [-0.2, -0.15) is 0 Å². The first kappa shape index (κ1) is 24.3. The number of nitrogens with zero attached hydrogens (tertiary/aromatic N) is 2. The van der Waals surface area contributed by atoms with Crippen molar-refractivity contribution in [3.05, 3.63) is 12.2 Å². The van der Waals surface area contributed by atoms with Crippen LogP contribution in [0.25, 0.3) is 0 Å². The highest BCUT2D eigenvalue weighted by Gasteiger charge is 2.33. The SMILES string of the molecule is C#C[C@H](CC(=O)O)NC(=O)[C@@H]1CCCN(C(=O)/C=C/C2CN(C(=O)OC(C)(C)C)C2)C1. The van der Waals surface area contributed by atoms with E-state index in [9.17, 15) is 19.2 Å². The van der Waals surface area contributed by atoms with Gasteiger partial charge in [0.1, 0.15) is 11.6 Å². The number of aliphatic carboxylic acids is 1. The fourth-order valence-corrected chi connectivity index (χ4v) is 3.44. The maximum atomic E-state index is 12.5. The Bertz CT molecular complexity index is 773. The molecule has 0 bridgehead atoms. The Balaban J connectivity index is 1.80. The zero-order valence-corrected chi connectivity index (χ0v) is 18.3. The van der Waals surface area contributed by atoms with Gasteiger partial charge in [-0.1, -0.05) is 12.0 Å². The molecular formula is C22H31N3O6. The third-order valence-corrected chi connectivity index (χ3v) is 5.07. The van der Waals surface area contributed by atoms with Gasteiger partial charge in [0.15, 0.2) is 0 Å². The number of carbonyl (C=O) groups excluding carboxylic acids is 3. The van der Waals surface area contributed by atoms with E-state index in [1.54, 1.807) is 15.9 Å². The molecule has 0 spiro atoms. The van der Waals surface area contributed by atoms with Gasteiger partial charge >= 0.3 is 12.1 Å². The van der Waals surface area contributed by atoms with Crippen molar-refractivity contribution < 1.29 is 29.0 Å². The van der Waals surface area contributed by atoms with Crippen LogP contribution in [0.2, 0.25) is 0 Å². The summed E-state index contributed by atoms with van der Waals surface area (Å²) in [5.41, 5.74) is -0.543. The van der Waals surface area contributed by atoms with Gasteiger partial charge in [-0.05, 0) is 39.7 Å². The topological polar surface area (TPSA) is 116 Å². The average molecular weight is 434 g/mol. The monoisotopic (exact) mass is 433 g/mol. The number of nitrogens with one attached hydrogen (secondary N) is 1. The van der Waals surface area contributed by atoms with Crippen molar-refractivity contribution in [2.24, 2.45) is 11.8 Å². The molecule has 31 heavy (non-hydrogen) atoms. The summed E-state index contributed by atoms with van der Waals surface area (Å²) in [6.07, 6.45) is 9.14. The fourth-order valence-electron chi connectivity index (χ4n) is 3.44. The molecule has 2 fully saturated rings. The number of carboxylic acid groups (broad SMARTS) is 1. The van der Waals surface area contributed by atoms with E-state index < -0.39 is 23.5 Å². The summed E-state index contributed by atoms with van der Waals surface area (Å²) in [6, 6.07) is -0.873. The van der Waals surface area contributed by atoms with Crippen molar-refractivity contribution >= 4 is 23.9 Å². The highest BCUT2D eigenvalue weighted by atomic mass is 16.6. The third kappa shape index (κ3) is 7.63. The van der Waals surface area contributed by atoms with Gasteiger partial charge in [-0.25, -0.2) is 4.79 Å². The first-order valence-electron chi connectivity index (χ1n) is 10.4. The van der Waals surface area contributed by atoms with Gasteiger partial charge in [0.05, 0.1) is 12.3 Å². The summed E-state index contributed by atoms with van der Waals surface area (Å²) in [7, 11) is 0. The molecule has 9 nitrogen and oxygen atoms in total. The molecule has 0 aromatic rings. The van der Waals surface area contributed by atoms with Gasteiger partial charge in [0.25, 0.3) is 0 Å². The number of likely N-dealkylation sites (tertiary alicyclic amines) is 2. The molecule has 0 aromatic heterocycles. The van der Waals surface area contributed by atoms with Crippen LogP contribution >= 0.6 is 0 Å². The van der Waals surface area contributed by atoms with Crippen LogP contribution in [0, 0.1) is 24.2 Å². The van der Waals surface area contributed by atoms with Crippen molar-refractivity contribution in [1.29, 1.82) is 0 Å². The van der Waals surface area contributed by atoms with Gasteiger partial charge in [-0.15, -0.1) is 6.42 Å². The molecule has 0 aromatic carbocycles. The number of hydrogen-bond donors (Lipinski definition) is 2. The fraction of sp³-hybridized carbons (Fsp3) is 0.636. The molecule has 2 saturated heterocycles. The number of terminal acetylenes is 1. The number of amides is 3. The number of carbonyl (C=O) groups is 4. The summed E-state index contributed by atoms with van der Waals surface area (Å²) in [5, 5.41) is 11.4. The highest BCUT2D eigenvalue weighted by Crippen LogP contribution is 2.21. The lowest BCUT2D eigenvalue weighted by Gasteiger charge is -2.38. The molecule has 2 N–H and O–H groups in total. The predicted octanol–water partition coefficient (Wildman–Crippen LogP) is 1.24. The van der Waals surface area contributed by atoms with Crippen LogP contribution in [-0.2, 0) is 19.1 Å². The second-order valence-corrected chi connectivity index (χ2v) is 8.95. The second kappa shape index (κ2) is 10.3. The zero-order chi connectivity index (χ0) is 23.2. The second-order valence-electron chi connectivity index (χ2n) is 8.95. The Labute approximate surface area is 182 Å². The quantitative estimate of drug-likeness (QED) is 0.481. The Morgan fingerprint density at radius 2 is 1.90 bits per heavy atom. The smallest absolute Gasteiger partial charge is 0.410 e. The van der Waals surface area contributed by atoms with Gasteiger partial charge < -0.3 is 25.0 Å². The van der Waals surface area contributed by atoms with Crippen LogP contribution in [0.3, 0.4) is 0 Å². The van der Waals surface area contributed by atoms with Crippen LogP contribution in [0.5, 0.6) is 0 Å². The lowest BCUT2D eigenvalue weighted by molar-refractivity contribution is -0.137. The molecule has 2 atom stereocenters. The van der Waals surface area contributed by atoms with Crippen LogP contribution in [0.15, 0.2) is 12.2 Å². The van der Waals surface area contributed by atoms with E-state index in [1.165, 1.54) is 6.08 Å². The minimum Gasteiger partial charge on any atom is -0.481 e. The summed E-state index contributed by atoms with van der Waals surface area (Å²) >= 11 is 0. The van der Waals surface area contributed by atoms with Crippen molar-refractivity contribution in [3.63, 3.8) is 0 Å². The summed E-state index contributed by atoms with van der Waals surface area (Å²) in [4.78, 5) is 50.9. The van der Waals surface area contributed by atoms with Crippen molar-refractivity contribution in [2.75, 3.05) is 26.2 Å². The maximum Gasteiger partial charge on any atom is 0.410 e. The molecule has 0 aliphatic carbocycles. The van der Waals surface area contributed by atoms with Gasteiger partial charge in [0, 0.05) is 32.1 Å². The molecule has 2 aliphatic rings. The summed E-state index contributed by atoms with van der Waals surface area (Å²) < 4.78 is 5.31.